The number of alkyl halides is 3. The van der Waals surface area contributed by atoms with Crippen molar-refractivity contribution in [2.24, 2.45) is 5.73 Å². The van der Waals surface area contributed by atoms with Crippen molar-refractivity contribution in [2.45, 2.75) is 44.4 Å². The van der Waals surface area contributed by atoms with Crippen molar-refractivity contribution >= 4 is 17.5 Å². The van der Waals surface area contributed by atoms with Crippen molar-refractivity contribution < 1.29 is 27.5 Å². The number of aromatic amines is 1. The van der Waals surface area contributed by atoms with Gasteiger partial charge >= 0.3 is 6.36 Å². The molecule has 10 heteroatoms. The molecule has 2 amide bonds. The minimum Gasteiger partial charge on any atom is -0.405 e. The molecule has 0 atom stereocenters. The Hall–Kier alpha value is -3.04. The van der Waals surface area contributed by atoms with Gasteiger partial charge in [0.05, 0.1) is 17.8 Å². The first-order valence-electron chi connectivity index (χ1n) is 8.76. The van der Waals surface area contributed by atoms with Crippen molar-refractivity contribution in [3.8, 4) is 5.75 Å². The number of ether oxygens (including phenoxy) is 1. The third-order valence-electron chi connectivity index (χ3n) is 4.60. The standard InChI is InChI=1S/C18H19F3N4O3/c19-18(20,21)28-12-8-4-3-7-11(12)9-13(26)23-15-14(10-5-1-2-6-10)24-25-16(15)17(22)27/h3-4,7-8,10H,1-2,5-6,9H2,(H2,22,27)(H,23,26)(H,24,25). The lowest BCUT2D eigenvalue weighted by Crippen LogP contribution is -2.22. The van der Waals surface area contributed by atoms with E-state index in [1.165, 1.54) is 18.2 Å². The van der Waals surface area contributed by atoms with E-state index in [4.69, 9.17) is 5.73 Å². The number of amides is 2. The highest BCUT2D eigenvalue weighted by molar-refractivity contribution is 6.02. The fourth-order valence-corrected chi connectivity index (χ4v) is 3.40. The molecule has 1 aliphatic carbocycles. The molecule has 150 valence electrons. The second-order valence-electron chi connectivity index (χ2n) is 6.59. The Morgan fingerprint density at radius 3 is 2.57 bits per heavy atom. The number of benzene rings is 1. The van der Waals surface area contributed by atoms with Gasteiger partial charge in [0, 0.05) is 11.5 Å². The molecule has 2 aromatic rings. The number of halogens is 3. The Morgan fingerprint density at radius 1 is 1.25 bits per heavy atom. The largest absolute Gasteiger partial charge is 0.573 e. The Morgan fingerprint density at radius 2 is 1.93 bits per heavy atom. The number of primary amides is 1. The fourth-order valence-electron chi connectivity index (χ4n) is 3.40. The lowest BCUT2D eigenvalue weighted by molar-refractivity contribution is -0.274. The van der Waals surface area contributed by atoms with Crippen molar-refractivity contribution in [2.75, 3.05) is 5.32 Å². The minimum atomic E-state index is -4.87. The molecule has 0 saturated heterocycles. The number of hydrogen-bond donors (Lipinski definition) is 3. The van der Waals surface area contributed by atoms with Crippen molar-refractivity contribution in [3.05, 3.63) is 41.2 Å². The highest BCUT2D eigenvalue weighted by atomic mass is 19.4. The predicted octanol–water partition coefficient (Wildman–Crippen LogP) is 3.25. The molecule has 1 aliphatic rings. The van der Waals surface area contributed by atoms with Crippen LogP contribution in [0.1, 0.15) is 53.3 Å². The first kappa shape index (κ1) is 19.7. The number of anilines is 1. The zero-order chi connectivity index (χ0) is 20.3. The topological polar surface area (TPSA) is 110 Å². The van der Waals surface area contributed by atoms with Crippen LogP contribution in [-0.4, -0.2) is 28.4 Å². The van der Waals surface area contributed by atoms with E-state index in [2.05, 4.69) is 20.3 Å². The molecule has 0 unspecified atom stereocenters. The monoisotopic (exact) mass is 396 g/mol. The van der Waals surface area contributed by atoms with Gasteiger partial charge in [-0.05, 0) is 18.9 Å². The lowest BCUT2D eigenvalue weighted by Gasteiger charge is -2.14. The summed E-state index contributed by atoms with van der Waals surface area (Å²) in [5.41, 5.74) is 6.09. The van der Waals surface area contributed by atoms with Crippen molar-refractivity contribution in [1.82, 2.24) is 10.2 Å². The van der Waals surface area contributed by atoms with Crippen LogP contribution in [0.4, 0.5) is 18.9 Å². The fraction of sp³-hybridized carbons (Fsp3) is 0.389. The maximum absolute atomic E-state index is 12.5. The molecule has 1 fully saturated rings. The number of hydrogen-bond acceptors (Lipinski definition) is 4. The number of nitrogens with two attached hydrogens (primary N) is 1. The van der Waals surface area contributed by atoms with Gasteiger partial charge in [0.2, 0.25) is 5.91 Å². The highest BCUT2D eigenvalue weighted by Gasteiger charge is 2.32. The number of aromatic nitrogens is 2. The molecule has 0 bridgehead atoms. The van der Waals surface area contributed by atoms with E-state index in [0.717, 1.165) is 31.7 Å². The van der Waals surface area contributed by atoms with Crippen molar-refractivity contribution in [1.29, 1.82) is 0 Å². The van der Waals surface area contributed by atoms with Gasteiger partial charge in [-0.2, -0.15) is 5.10 Å². The van der Waals surface area contributed by atoms with Crippen LogP contribution < -0.4 is 15.8 Å². The molecule has 3 rings (SSSR count). The van der Waals surface area contributed by atoms with E-state index in [1.807, 2.05) is 0 Å². The van der Waals surface area contributed by atoms with Crippen LogP contribution in [0.15, 0.2) is 24.3 Å². The summed E-state index contributed by atoms with van der Waals surface area (Å²) in [4.78, 5) is 24.1. The quantitative estimate of drug-likeness (QED) is 0.696. The number of H-pyrrole nitrogens is 1. The van der Waals surface area contributed by atoms with Gasteiger partial charge in [-0.1, -0.05) is 31.0 Å². The molecule has 1 aromatic heterocycles. The molecule has 0 radical (unpaired) electrons. The maximum Gasteiger partial charge on any atom is 0.573 e. The van der Waals surface area contributed by atoms with Gasteiger partial charge in [0.25, 0.3) is 5.91 Å². The lowest BCUT2D eigenvalue weighted by atomic mass is 10.0. The number of carbonyl (C=O) groups is 2. The molecule has 1 heterocycles. The number of carbonyl (C=O) groups excluding carboxylic acids is 2. The summed E-state index contributed by atoms with van der Waals surface area (Å²) in [5, 5.41) is 9.25. The zero-order valence-electron chi connectivity index (χ0n) is 14.8. The summed E-state index contributed by atoms with van der Waals surface area (Å²) in [5.74, 6) is -1.77. The molecule has 0 spiro atoms. The first-order chi connectivity index (χ1) is 13.2. The van der Waals surface area contributed by atoms with Crippen LogP contribution in [0, 0.1) is 0 Å². The molecular formula is C18H19F3N4O3. The van der Waals surface area contributed by atoms with E-state index < -0.39 is 23.9 Å². The highest BCUT2D eigenvalue weighted by Crippen LogP contribution is 2.38. The van der Waals surface area contributed by atoms with Gasteiger partial charge in [0.1, 0.15) is 5.75 Å². The van der Waals surface area contributed by atoms with Gasteiger partial charge in [-0.25, -0.2) is 0 Å². The average molecular weight is 396 g/mol. The van der Waals surface area contributed by atoms with Gasteiger partial charge in [0.15, 0.2) is 5.69 Å². The van der Waals surface area contributed by atoms with Crippen LogP contribution >= 0.6 is 0 Å². The normalized spacial score (nSPS) is 14.8. The average Bonchev–Trinajstić information content (AvgIpc) is 3.24. The summed E-state index contributed by atoms with van der Waals surface area (Å²) in [6.45, 7) is 0. The van der Waals surface area contributed by atoms with Crippen LogP contribution in [0.5, 0.6) is 5.75 Å². The van der Waals surface area contributed by atoms with E-state index in [-0.39, 0.29) is 29.3 Å². The van der Waals surface area contributed by atoms with Crippen molar-refractivity contribution in [3.63, 3.8) is 0 Å². The summed E-state index contributed by atoms with van der Waals surface area (Å²) < 4.78 is 41.6. The predicted molar refractivity (Wildman–Crippen MR) is 93.8 cm³/mol. The number of nitrogens with zero attached hydrogens (tertiary/aromatic N) is 1. The van der Waals surface area contributed by atoms with Crippen LogP contribution in [0.3, 0.4) is 0 Å². The summed E-state index contributed by atoms with van der Waals surface area (Å²) in [6, 6.07) is 5.38. The second-order valence-corrected chi connectivity index (χ2v) is 6.59. The summed E-state index contributed by atoms with van der Waals surface area (Å²) in [6.07, 6.45) is -1.45. The molecule has 1 saturated carbocycles. The Kier molecular flexibility index (Phi) is 5.57. The molecule has 7 nitrogen and oxygen atoms in total. The van der Waals surface area contributed by atoms with Gasteiger partial charge in [-0.15, -0.1) is 13.2 Å². The van der Waals surface area contributed by atoms with Gasteiger partial charge < -0.3 is 15.8 Å². The maximum atomic E-state index is 12.5. The summed E-state index contributed by atoms with van der Waals surface area (Å²) >= 11 is 0. The van der Waals surface area contributed by atoms with Gasteiger partial charge in [-0.3, -0.25) is 14.7 Å². The van der Waals surface area contributed by atoms with E-state index in [1.54, 1.807) is 0 Å². The molecule has 0 aliphatic heterocycles. The third kappa shape index (κ3) is 4.62. The third-order valence-corrected chi connectivity index (χ3v) is 4.60. The first-order valence-corrected chi connectivity index (χ1v) is 8.76. The minimum absolute atomic E-state index is 0.0591. The van der Waals surface area contributed by atoms with Crippen LogP contribution in [-0.2, 0) is 11.2 Å². The van der Waals surface area contributed by atoms with Crippen LogP contribution in [0.2, 0.25) is 0 Å². The zero-order valence-corrected chi connectivity index (χ0v) is 14.8. The smallest absolute Gasteiger partial charge is 0.405 e. The van der Waals surface area contributed by atoms with E-state index in [0.29, 0.717) is 5.69 Å². The Balaban J connectivity index is 1.81. The second kappa shape index (κ2) is 7.91. The molecule has 1 aromatic carbocycles. The van der Waals surface area contributed by atoms with E-state index in [9.17, 15) is 22.8 Å². The van der Waals surface area contributed by atoms with E-state index >= 15 is 0 Å². The molecular weight excluding hydrogens is 377 g/mol. The van der Waals surface area contributed by atoms with Crippen LogP contribution in [0.25, 0.3) is 0 Å². The number of rotatable bonds is 6. The summed E-state index contributed by atoms with van der Waals surface area (Å²) in [7, 11) is 0. The number of para-hydroxylation sites is 1. The Labute approximate surface area is 158 Å². The number of nitrogens with one attached hydrogen (secondary N) is 2. The molecule has 4 N–H and O–H groups in total. The Bertz CT molecular complexity index is 873. The SMILES string of the molecule is NC(=O)c1n[nH]c(C2CCCC2)c1NC(=O)Cc1ccccc1OC(F)(F)F. The molecule has 28 heavy (non-hydrogen) atoms.